The molecule has 5 rings (SSSR count). The minimum atomic E-state index is 0.269. The molecule has 0 spiro atoms. The standard InChI is InChI=1S/C26H21IN2O/c1-30-24-14-12-23(13-15-24)29-25(17-26(29)28-22-10-8-21(27)9-11-22)20-7-6-18-4-2-3-5-19(18)16-20/h2-16,25H,17H2,1H3. The number of anilines is 1. The molecule has 30 heavy (non-hydrogen) atoms. The van der Waals surface area contributed by atoms with E-state index in [9.17, 15) is 0 Å². The highest BCUT2D eigenvalue weighted by Gasteiger charge is 2.36. The van der Waals surface area contributed by atoms with Crippen molar-refractivity contribution in [2.75, 3.05) is 12.0 Å². The molecule has 0 bridgehead atoms. The molecule has 1 aliphatic rings. The van der Waals surface area contributed by atoms with Gasteiger partial charge in [0.25, 0.3) is 0 Å². The maximum Gasteiger partial charge on any atom is 0.119 e. The van der Waals surface area contributed by atoms with E-state index in [4.69, 9.17) is 9.73 Å². The Balaban J connectivity index is 1.53. The molecule has 1 atom stereocenters. The Hall–Kier alpha value is -2.86. The predicted octanol–water partition coefficient (Wildman–Crippen LogP) is 7.13. The first-order valence-corrected chi connectivity index (χ1v) is 11.0. The summed E-state index contributed by atoms with van der Waals surface area (Å²) in [5.74, 6) is 1.94. The van der Waals surface area contributed by atoms with Crippen LogP contribution in [0.3, 0.4) is 0 Å². The molecule has 4 heteroatoms. The summed E-state index contributed by atoms with van der Waals surface area (Å²) < 4.78 is 6.56. The van der Waals surface area contributed by atoms with Gasteiger partial charge < -0.3 is 9.64 Å². The maximum absolute atomic E-state index is 5.34. The van der Waals surface area contributed by atoms with Crippen molar-refractivity contribution < 1.29 is 4.74 Å². The zero-order chi connectivity index (χ0) is 20.5. The molecular weight excluding hydrogens is 483 g/mol. The lowest BCUT2D eigenvalue weighted by molar-refractivity contribution is 0.415. The zero-order valence-electron chi connectivity index (χ0n) is 16.6. The highest BCUT2D eigenvalue weighted by molar-refractivity contribution is 14.1. The predicted molar refractivity (Wildman–Crippen MR) is 133 cm³/mol. The number of hydrogen-bond acceptors (Lipinski definition) is 2. The molecular formula is C26H21IN2O. The molecule has 0 radical (unpaired) electrons. The molecule has 0 amide bonds. The first kappa shape index (κ1) is 19.1. The Morgan fingerprint density at radius 1 is 0.867 bits per heavy atom. The van der Waals surface area contributed by atoms with Crippen molar-refractivity contribution in [2.45, 2.75) is 12.5 Å². The average Bonchev–Trinajstić information content (AvgIpc) is 2.78. The Kier molecular flexibility index (Phi) is 5.17. The third-order valence-corrected chi connectivity index (χ3v) is 6.28. The van der Waals surface area contributed by atoms with Crippen molar-refractivity contribution >= 4 is 50.6 Å². The Morgan fingerprint density at radius 2 is 1.60 bits per heavy atom. The van der Waals surface area contributed by atoms with E-state index in [0.717, 1.165) is 29.4 Å². The van der Waals surface area contributed by atoms with E-state index in [1.54, 1.807) is 7.11 Å². The van der Waals surface area contributed by atoms with Gasteiger partial charge in [0.2, 0.25) is 0 Å². The van der Waals surface area contributed by atoms with Gasteiger partial charge in [-0.3, -0.25) is 0 Å². The molecule has 0 saturated carbocycles. The third kappa shape index (κ3) is 3.67. The zero-order valence-corrected chi connectivity index (χ0v) is 18.8. The fraction of sp³-hybridized carbons (Fsp3) is 0.115. The van der Waals surface area contributed by atoms with E-state index in [-0.39, 0.29) is 6.04 Å². The number of rotatable bonds is 4. The fourth-order valence-corrected chi connectivity index (χ4v) is 4.31. The van der Waals surface area contributed by atoms with Gasteiger partial charge in [0, 0.05) is 15.7 Å². The van der Waals surface area contributed by atoms with E-state index in [1.165, 1.54) is 19.9 Å². The van der Waals surface area contributed by atoms with Gasteiger partial charge in [-0.15, -0.1) is 0 Å². The second-order valence-electron chi connectivity index (χ2n) is 7.40. The summed E-state index contributed by atoms with van der Waals surface area (Å²) in [6.07, 6.45) is 0.913. The lowest BCUT2D eigenvalue weighted by atomic mass is 9.91. The number of amidine groups is 1. The van der Waals surface area contributed by atoms with Crippen LogP contribution < -0.4 is 9.64 Å². The summed E-state index contributed by atoms with van der Waals surface area (Å²) in [4.78, 5) is 7.29. The van der Waals surface area contributed by atoms with Crippen LogP contribution in [0.2, 0.25) is 0 Å². The van der Waals surface area contributed by atoms with Crippen LogP contribution in [-0.4, -0.2) is 12.9 Å². The molecule has 1 saturated heterocycles. The van der Waals surface area contributed by atoms with Gasteiger partial charge in [-0.25, -0.2) is 4.99 Å². The van der Waals surface area contributed by atoms with Crippen LogP contribution >= 0.6 is 22.6 Å². The SMILES string of the molecule is COc1ccc(N2C(=Nc3ccc(I)cc3)CC2c2ccc3ccccc3c2)cc1. The van der Waals surface area contributed by atoms with E-state index >= 15 is 0 Å². The molecule has 0 aromatic heterocycles. The highest BCUT2D eigenvalue weighted by Crippen LogP contribution is 2.41. The topological polar surface area (TPSA) is 24.8 Å². The van der Waals surface area contributed by atoms with Crippen molar-refractivity contribution in [3.05, 3.63) is 100 Å². The fourth-order valence-electron chi connectivity index (χ4n) is 3.95. The number of benzene rings is 4. The smallest absolute Gasteiger partial charge is 0.119 e. The Labute approximate surface area is 190 Å². The second kappa shape index (κ2) is 8.11. The lowest BCUT2D eigenvalue weighted by Crippen LogP contribution is -2.46. The van der Waals surface area contributed by atoms with Gasteiger partial charge in [-0.2, -0.15) is 0 Å². The maximum atomic E-state index is 5.34. The summed E-state index contributed by atoms with van der Waals surface area (Å²) in [6, 6.07) is 32.1. The van der Waals surface area contributed by atoms with Crippen molar-refractivity contribution in [3.8, 4) is 5.75 Å². The summed E-state index contributed by atoms with van der Waals surface area (Å²) >= 11 is 2.32. The molecule has 0 aliphatic carbocycles. The number of halogens is 1. The minimum absolute atomic E-state index is 0.269. The van der Waals surface area contributed by atoms with Crippen molar-refractivity contribution in [1.82, 2.24) is 0 Å². The van der Waals surface area contributed by atoms with Crippen LogP contribution in [0, 0.1) is 3.57 Å². The number of ether oxygens (including phenoxy) is 1. The van der Waals surface area contributed by atoms with E-state index in [2.05, 4.69) is 106 Å². The molecule has 0 N–H and O–H groups in total. The molecule has 4 aromatic carbocycles. The molecule has 1 fully saturated rings. The largest absolute Gasteiger partial charge is 0.497 e. The van der Waals surface area contributed by atoms with E-state index < -0.39 is 0 Å². The van der Waals surface area contributed by atoms with E-state index in [0.29, 0.717) is 0 Å². The normalized spacial score (nSPS) is 17.2. The molecule has 3 nitrogen and oxygen atoms in total. The van der Waals surface area contributed by atoms with Crippen LogP contribution in [-0.2, 0) is 0 Å². The van der Waals surface area contributed by atoms with Crippen molar-refractivity contribution in [2.24, 2.45) is 4.99 Å². The van der Waals surface area contributed by atoms with E-state index in [1.807, 2.05) is 12.1 Å². The van der Waals surface area contributed by atoms with Crippen LogP contribution in [0.5, 0.6) is 5.75 Å². The average molecular weight is 504 g/mol. The molecule has 4 aromatic rings. The molecule has 1 unspecified atom stereocenters. The minimum Gasteiger partial charge on any atom is -0.497 e. The number of methoxy groups -OCH3 is 1. The summed E-state index contributed by atoms with van der Waals surface area (Å²) in [5, 5.41) is 2.54. The van der Waals surface area contributed by atoms with Gasteiger partial charge in [0.1, 0.15) is 11.6 Å². The quantitative estimate of drug-likeness (QED) is 0.276. The number of fused-ring (bicyclic) bond motifs is 1. The highest BCUT2D eigenvalue weighted by atomic mass is 127. The van der Waals surface area contributed by atoms with Gasteiger partial charge in [0.05, 0.1) is 18.8 Å². The van der Waals surface area contributed by atoms with Gasteiger partial charge >= 0.3 is 0 Å². The van der Waals surface area contributed by atoms with Crippen LogP contribution in [0.15, 0.2) is 96.0 Å². The second-order valence-corrected chi connectivity index (χ2v) is 8.64. The van der Waals surface area contributed by atoms with Crippen molar-refractivity contribution in [3.63, 3.8) is 0 Å². The summed E-state index contributed by atoms with van der Waals surface area (Å²) in [6.45, 7) is 0. The first-order chi connectivity index (χ1) is 14.7. The summed E-state index contributed by atoms with van der Waals surface area (Å²) in [7, 11) is 1.69. The molecule has 1 aliphatic heterocycles. The first-order valence-electron chi connectivity index (χ1n) is 9.96. The molecule has 1 heterocycles. The van der Waals surface area contributed by atoms with Crippen LogP contribution in [0.4, 0.5) is 11.4 Å². The van der Waals surface area contributed by atoms with Crippen LogP contribution in [0.25, 0.3) is 10.8 Å². The van der Waals surface area contributed by atoms with Crippen LogP contribution in [0.1, 0.15) is 18.0 Å². The van der Waals surface area contributed by atoms with Gasteiger partial charge in [-0.1, -0.05) is 36.4 Å². The van der Waals surface area contributed by atoms with Gasteiger partial charge in [-0.05, 0) is 93.5 Å². The van der Waals surface area contributed by atoms with Gasteiger partial charge in [0.15, 0.2) is 0 Å². The Bertz CT molecular complexity index is 1220. The molecule has 148 valence electrons. The number of nitrogens with zero attached hydrogens (tertiary/aromatic N) is 2. The monoisotopic (exact) mass is 504 g/mol. The Morgan fingerprint density at radius 3 is 2.33 bits per heavy atom. The number of aliphatic imine (C=N–C) groups is 1. The summed E-state index contributed by atoms with van der Waals surface area (Å²) in [5.41, 5.74) is 3.43. The number of hydrogen-bond donors (Lipinski definition) is 0. The van der Waals surface area contributed by atoms with Crippen molar-refractivity contribution in [1.29, 1.82) is 0 Å². The lowest BCUT2D eigenvalue weighted by Gasteiger charge is -2.44. The third-order valence-electron chi connectivity index (χ3n) is 5.56.